The Morgan fingerprint density at radius 2 is 2.00 bits per heavy atom. The summed E-state index contributed by atoms with van der Waals surface area (Å²) >= 11 is 0. The van der Waals surface area contributed by atoms with E-state index >= 15 is 0 Å². The molecule has 0 aromatic carbocycles. The summed E-state index contributed by atoms with van der Waals surface area (Å²) in [4.78, 5) is 21.3. The lowest BCUT2D eigenvalue weighted by molar-refractivity contribution is -0.162. The fourth-order valence-electron chi connectivity index (χ4n) is 0.777. The van der Waals surface area contributed by atoms with Crippen LogP contribution in [0.1, 0.15) is 20.3 Å². The maximum Gasteiger partial charge on any atom is 0.338 e. The SMILES string of the molecule is COC(=O)[C@](C)(O)CC(C)=O. The van der Waals surface area contributed by atoms with Crippen LogP contribution in [0, 0.1) is 0 Å². The molecule has 0 spiro atoms. The van der Waals surface area contributed by atoms with Crippen LogP contribution in [0.4, 0.5) is 0 Å². The molecule has 0 rings (SSSR count). The van der Waals surface area contributed by atoms with Crippen LogP contribution in [-0.2, 0) is 14.3 Å². The van der Waals surface area contributed by atoms with Gasteiger partial charge in [0.1, 0.15) is 5.78 Å². The standard InChI is InChI=1S/C7H12O4/c1-5(8)4-7(2,10)6(9)11-3/h10H,4H2,1-3H3/t7-/m1/s1. The summed E-state index contributed by atoms with van der Waals surface area (Å²) in [6, 6.07) is 0. The lowest BCUT2D eigenvalue weighted by Crippen LogP contribution is -2.37. The first kappa shape index (κ1) is 10.1. The van der Waals surface area contributed by atoms with Crippen LogP contribution in [0.2, 0.25) is 0 Å². The number of ether oxygens (including phenoxy) is 1. The molecular formula is C7H12O4. The van der Waals surface area contributed by atoms with Gasteiger partial charge >= 0.3 is 5.97 Å². The molecule has 0 saturated carbocycles. The molecule has 0 bridgehead atoms. The minimum atomic E-state index is -1.68. The monoisotopic (exact) mass is 160 g/mol. The average molecular weight is 160 g/mol. The van der Waals surface area contributed by atoms with Gasteiger partial charge in [-0.25, -0.2) is 4.79 Å². The van der Waals surface area contributed by atoms with E-state index in [1.165, 1.54) is 13.8 Å². The quantitative estimate of drug-likeness (QED) is 0.585. The smallest absolute Gasteiger partial charge is 0.338 e. The van der Waals surface area contributed by atoms with Crippen molar-refractivity contribution < 1.29 is 19.4 Å². The molecule has 0 fully saturated rings. The molecule has 1 N–H and O–H groups in total. The summed E-state index contributed by atoms with van der Waals surface area (Å²) in [5.41, 5.74) is -1.68. The third-order valence-corrected chi connectivity index (χ3v) is 1.22. The van der Waals surface area contributed by atoms with Crippen molar-refractivity contribution in [3.05, 3.63) is 0 Å². The summed E-state index contributed by atoms with van der Waals surface area (Å²) in [7, 11) is 1.16. The summed E-state index contributed by atoms with van der Waals surface area (Å²) in [6.07, 6.45) is -0.209. The zero-order chi connectivity index (χ0) is 9.07. The highest BCUT2D eigenvalue weighted by Crippen LogP contribution is 2.10. The van der Waals surface area contributed by atoms with Crippen molar-refractivity contribution in [2.75, 3.05) is 7.11 Å². The molecule has 0 aliphatic rings. The molecule has 64 valence electrons. The van der Waals surface area contributed by atoms with Gasteiger partial charge in [0, 0.05) is 6.42 Å². The molecule has 0 saturated heterocycles. The van der Waals surface area contributed by atoms with Crippen LogP contribution in [0.5, 0.6) is 0 Å². The summed E-state index contributed by atoms with van der Waals surface area (Å²) in [6.45, 7) is 2.55. The lowest BCUT2D eigenvalue weighted by atomic mass is 10.0. The number of Topliss-reactive ketones (excluding diaryl/α,β-unsaturated/α-hetero) is 1. The summed E-state index contributed by atoms with van der Waals surface area (Å²) in [5, 5.41) is 9.26. The Bertz CT molecular complexity index is 171. The van der Waals surface area contributed by atoms with Crippen LogP contribution in [0.25, 0.3) is 0 Å². The predicted octanol–water partition coefficient (Wildman–Crippen LogP) is -0.111. The Balaban J connectivity index is 4.21. The van der Waals surface area contributed by atoms with Crippen molar-refractivity contribution in [3.8, 4) is 0 Å². The van der Waals surface area contributed by atoms with Gasteiger partial charge in [-0.3, -0.25) is 4.79 Å². The summed E-state index contributed by atoms with van der Waals surface area (Å²) in [5.74, 6) is -1.03. The van der Waals surface area contributed by atoms with Gasteiger partial charge in [0.25, 0.3) is 0 Å². The van der Waals surface area contributed by atoms with Gasteiger partial charge in [0.15, 0.2) is 5.60 Å². The summed E-state index contributed by atoms with van der Waals surface area (Å²) < 4.78 is 4.27. The normalized spacial score (nSPS) is 15.3. The first-order valence-corrected chi connectivity index (χ1v) is 3.20. The van der Waals surface area contributed by atoms with Crippen LogP contribution < -0.4 is 0 Å². The van der Waals surface area contributed by atoms with Gasteiger partial charge in [0.05, 0.1) is 7.11 Å². The van der Waals surface area contributed by atoms with Gasteiger partial charge in [-0.2, -0.15) is 0 Å². The highest BCUT2D eigenvalue weighted by atomic mass is 16.5. The van der Waals surface area contributed by atoms with E-state index in [2.05, 4.69) is 4.74 Å². The molecule has 0 amide bonds. The minimum absolute atomic E-state index is 0.209. The van der Waals surface area contributed by atoms with Crippen LogP contribution in [0.15, 0.2) is 0 Å². The fourth-order valence-corrected chi connectivity index (χ4v) is 0.777. The molecule has 0 heterocycles. The number of ketones is 1. The third kappa shape index (κ3) is 3.13. The third-order valence-electron chi connectivity index (χ3n) is 1.22. The van der Waals surface area contributed by atoms with Crippen molar-refractivity contribution in [2.24, 2.45) is 0 Å². The maximum absolute atomic E-state index is 10.7. The molecule has 0 aliphatic carbocycles. The second-order valence-corrected chi connectivity index (χ2v) is 2.64. The number of methoxy groups -OCH3 is 1. The van der Waals surface area contributed by atoms with E-state index in [1.807, 2.05) is 0 Å². The number of aliphatic hydroxyl groups is 1. The first-order chi connectivity index (χ1) is 4.90. The average Bonchev–Trinajstić information content (AvgIpc) is 1.83. The molecule has 0 aromatic heterocycles. The number of rotatable bonds is 3. The first-order valence-electron chi connectivity index (χ1n) is 3.20. The highest BCUT2D eigenvalue weighted by molar-refractivity contribution is 5.87. The van der Waals surface area contributed by atoms with E-state index in [1.54, 1.807) is 0 Å². The molecule has 0 aromatic rings. The van der Waals surface area contributed by atoms with Crippen molar-refractivity contribution in [1.82, 2.24) is 0 Å². The molecule has 1 atom stereocenters. The highest BCUT2D eigenvalue weighted by Gasteiger charge is 2.32. The fraction of sp³-hybridized carbons (Fsp3) is 0.714. The number of esters is 1. The van der Waals surface area contributed by atoms with Gasteiger partial charge in [-0.15, -0.1) is 0 Å². The number of carbonyl (C=O) groups is 2. The zero-order valence-electron chi connectivity index (χ0n) is 6.88. The Labute approximate surface area is 65.2 Å². The second-order valence-electron chi connectivity index (χ2n) is 2.64. The van der Waals surface area contributed by atoms with E-state index < -0.39 is 11.6 Å². The van der Waals surface area contributed by atoms with Gasteiger partial charge in [-0.05, 0) is 13.8 Å². The number of hydrogen-bond acceptors (Lipinski definition) is 4. The van der Waals surface area contributed by atoms with Crippen molar-refractivity contribution in [1.29, 1.82) is 0 Å². The molecule has 11 heavy (non-hydrogen) atoms. The Hall–Kier alpha value is -0.900. The van der Waals surface area contributed by atoms with E-state index in [0.29, 0.717) is 0 Å². The van der Waals surface area contributed by atoms with E-state index in [0.717, 1.165) is 7.11 Å². The second kappa shape index (κ2) is 3.48. The van der Waals surface area contributed by atoms with Gasteiger partial charge in [-0.1, -0.05) is 0 Å². The van der Waals surface area contributed by atoms with Crippen LogP contribution in [0.3, 0.4) is 0 Å². The molecule has 4 nitrogen and oxygen atoms in total. The maximum atomic E-state index is 10.7. The minimum Gasteiger partial charge on any atom is -0.467 e. The predicted molar refractivity (Wildman–Crippen MR) is 37.9 cm³/mol. The number of carbonyl (C=O) groups excluding carboxylic acids is 2. The van der Waals surface area contributed by atoms with Crippen molar-refractivity contribution >= 4 is 11.8 Å². The lowest BCUT2D eigenvalue weighted by Gasteiger charge is -2.17. The molecular weight excluding hydrogens is 148 g/mol. The zero-order valence-corrected chi connectivity index (χ0v) is 6.88. The Morgan fingerprint density at radius 3 is 2.27 bits per heavy atom. The molecule has 0 unspecified atom stereocenters. The molecule has 0 aliphatic heterocycles. The van der Waals surface area contributed by atoms with E-state index in [9.17, 15) is 14.7 Å². The van der Waals surface area contributed by atoms with Gasteiger partial charge < -0.3 is 9.84 Å². The number of hydrogen-bond donors (Lipinski definition) is 1. The molecule has 0 radical (unpaired) electrons. The van der Waals surface area contributed by atoms with Crippen molar-refractivity contribution in [3.63, 3.8) is 0 Å². The van der Waals surface area contributed by atoms with Gasteiger partial charge in [0.2, 0.25) is 0 Å². The largest absolute Gasteiger partial charge is 0.467 e. The topological polar surface area (TPSA) is 63.6 Å². The van der Waals surface area contributed by atoms with Crippen molar-refractivity contribution in [2.45, 2.75) is 25.9 Å². The Morgan fingerprint density at radius 1 is 1.55 bits per heavy atom. The Kier molecular flexibility index (Phi) is 3.19. The van der Waals surface area contributed by atoms with Crippen LogP contribution in [-0.4, -0.2) is 29.6 Å². The van der Waals surface area contributed by atoms with E-state index in [4.69, 9.17) is 0 Å². The molecule has 4 heteroatoms. The van der Waals surface area contributed by atoms with Crippen LogP contribution >= 0.6 is 0 Å². The van der Waals surface area contributed by atoms with E-state index in [-0.39, 0.29) is 12.2 Å².